The topological polar surface area (TPSA) is 145 Å². The van der Waals surface area contributed by atoms with Gasteiger partial charge in [-0.1, -0.05) is 37.8 Å². The highest BCUT2D eigenvalue weighted by molar-refractivity contribution is 7.89. The molecule has 1 heterocycles. The van der Waals surface area contributed by atoms with Gasteiger partial charge in [-0.05, 0) is 30.7 Å². The molecule has 2 atom stereocenters. The lowest BCUT2D eigenvalue weighted by Gasteiger charge is -2.26. The van der Waals surface area contributed by atoms with Crippen molar-refractivity contribution < 1.29 is 28.0 Å². The molecule has 13 heteroatoms. The lowest BCUT2D eigenvalue weighted by Crippen LogP contribution is -2.48. The van der Waals surface area contributed by atoms with Gasteiger partial charge in [0, 0.05) is 25.7 Å². The van der Waals surface area contributed by atoms with E-state index in [-0.39, 0.29) is 23.5 Å². The highest BCUT2D eigenvalue weighted by atomic mass is 32.2. The van der Waals surface area contributed by atoms with Crippen molar-refractivity contribution >= 4 is 24.2 Å². The minimum absolute atomic E-state index is 0.126. The number of hydrogen-bond acceptors (Lipinski definition) is 8. The first kappa shape index (κ1) is 26.6. The summed E-state index contributed by atoms with van der Waals surface area (Å²) in [5.74, 6) is 0. The molecule has 0 aliphatic rings. The minimum Gasteiger partial charge on any atom is -0.448 e. The summed E-state index contributed by atoms with van der Waals surface area (Å²) in [6.07, 6.45) is -1.39. The molecule has 0 radical (unpaired) electrons. The van der Waals surface area contributed by atoms with Crippen LogP contribution in [-0.2, 0) is 21.2 Å². The SMILES string of the molecule is C[C@@H](O)CN(C(Cc1cnn(C(=O)OCC[Si](C)(C)C)c1)[N+](=O)[O-])S(=O)(=O)c1ccccc1. The largest absolute Gasteiger partial charge is 0.448 e. The summed E-state index contributed by atoms with van der Waals surface area (Å²) in [4.78, 5) is 23.2. The predicted molar refractivity (Wildman–Crippen MR) is 124 cm³/mol. The molecule has 1 aromatic carbocycles. The summed E-state index contributed by atoms with van der Waals surface area (Å²) in [6.45, 7) is 7.56. The molecular weight excluding hydrogens is 468 g/mol. The Kier molecular flexibility index (Phi) is 8.88. The average molecular weight is 499 g/mol. The summed E-state index contributed by atoms with van der Waals surface area (Å²) in [7, 11) is -5.67. The normalized spacial score (nSPS) is 14.1. The van der Waals surface area contributed by atoms with Crippen LogP contribution in [0.4, 0.5) is 4.79 Å². The van der Waals surface area contributed by atoms with E-state index in [2.05, 4.69) is 24.7 Å². The highest BCUT2D eigenvalue weighted by Gasteiger charge is 2.40. The van der Waals surface area contributed by atoms with E-state index in [0.29, 0.717) is 4.31 Å². The molecule has 33 heavy (non-hydrogen) atoms. The van der Waals surface area contributed by atoms with Crippen molar-refractivity contribution in [3.8, 4) is 0 Å². The van der Waals surface area contributed by atoms with Crippen LogP contribution in [0.1, 0.15) is 12.5 Å². The molecule has 0 saturated heterocycles. The van der Waals surface area contributed by atoms with Crippen molar-refractivity contribution in [3.63, 3.8) is 0 Å². The van der Waals surface area contributed by atoms with Gasteiger partial charge in [0.05, 0.1) is 30.2 Å². The molecule has 0 bridgehead atoms. The molecule has 2 rings (SSSR count). The second kappa shape index (κ2) is 11.0. The second-order valence-electron chi connectivity index (χ2n) is 8.93. The van der Waals surface area contributed by atoms with E-state index in [1.54, 1.807) is 6.07 Å². The molecule has 182 valence electrons. The molecule has 0 fully saturated rings. The molecule has 1 aromatic heterocycles. The number of carbonyl (C=O) groups is 1. The number of rotatable bonds is 11. The number of nitro groups is 1. The van der Waals surface area contributed by atoms with Gasteiger partial charge in [0.1, 0.15) is 0 Å². The third-order valence-corrected chi connectivity index (χ3v) is 8.27. The Labute approximate surface area is 194 Å². The monoisotopic (exact) mass is 498 g/mol. The molecule has 2 aromatic rings. The minimum atomic E-state index is -4.28. The number of carbonyl (C=O) groups excluding carboxylic acids is 1. The van der Waals surface area contributed by atoms with Crippen molar-refractivity contribution in [2.24, 2.45) is 0 Å². The summed E-state index contributed by atoms with van der Waals surface area (Å²) in [6, 6.07) is 8.08. The number of aliphatic hydroxyl groups excluding tert-OH is 1. The lowest BCUT2D eigenvalue weighted by atomic mass is 10.2. The fraction of sp³-hybridized carbons (Fsp3) is 0.500. The first-order valence-electron chi connectivity index (χ1n) is 10.4. The number of ether oxygens (including phenoxy) is 1. The molecule has 0 saturated carbocycles. The van der Waals surface area contributed by atoms with Crippen molar-refractivity contribution in [3.05, 3.63) is 58.4 Å². The van der Waals surface area contributed by atoms with Gasteiger partial charge < -0.3 is 9.84 Å². The molecule has 11 nitrogen and oxygen atoms in total. The fourth-order valence-electron chi connectivity index (χ4n) is 2.94. The Morgan fingerprint density at radius 2 is 1.94 bits per heavy atom. The fourth-order valence-corrected chi connectivity index (χ4v) is 5.31. The van der Waals surface area contributed by atoms with Crippen LogP contribution >= 0.6 is 0 Å². The second-order valence-corrected chi connectivity index (χ2v) is 16.4. The lowest BCUT2D eigenvalue weighted by molar-refractivity contribution is -0.543. The number of sulfonamides is 1. The first-order chi connectivity index (χ1) is 15.3. The van der Waals surface area contributed by atoms with E-state index >= 15 is 0 Å². The van der Waals surface area contributed by atoms with E-state index in [1.165, 1.54) is 43.6 Å². The zero-order valence-corrected chi connectivity index (χ0v) is 20.9. The van der Waals surface area contributed by atoms with Crippen LogP contribution in [0.3, 0.4) is 0 Å². The quantitative estimate of drug-likeness (QED) is 0.215. The van der Waals surface area contributed by atoms with Gasteiger partial charge in [0.25, 0.3) is 6.17 Å². The van der Waals surface area contributed by atoms with Gasteiger partial charge >= 0.3 is 6.09 Å². The Balaban J connectivity index is 2.24. The van der Waals surface area contributed by atoms with E-state index in [4.69, 9.17) is 4.74 Å². The first-order valence-corrected chi connectivity index (χ1v) is 15.5. The van der Waals surface area contributed by atoms with E-state index in [1.807, 2.05) is 0 Å². The Bertz CT molecular complexity index is 1050. The van der Waals surface area contributed by atoms with Crippen molar-refractivity contribution in [2.45, 2.75) is 56.2 Å². The van der Waals surface area contributed by atoms with E-state index < -0.39 is 47.9 Å². The highest BCUT2D eigenvalue weighted by Crippen LogP contribution is 2.21. The van der Waals surface area contributed by atoms with Crippen LogP contribution in [0.5, 0.6) is 0 Å². The number of hydrogen-bond donors (Lipinski definition) is 1. The van der Waals surface area contributed by atoms with Gasteiger partial charge in [0.15, 0.2) is 0 Å². The molecule has 0 aliphatic carbocycles. The summed E-state index contributed by atoms with van der Waals surface area (Å²) < 4.78 is 33.1. The van der Waals surface area contributed by atoms with E-state index in [0.717, 1.165) is 10.7 Å². The molecule has 1 N–H and O–H groups in total. The van der Waals surface area contributed by atoms with Crippen molar-refractivity contribution in [2.75, 3.05) is 13.2 Å². The Morgan fingerprint density at radius 3 is 2.48 bits per heavy atom. The number of aliphatic hydroxyl groups is 1. The van der Waals surface area contributed by atoms with Gasteiger partial charge in [0.2, 0.25) is 10.0 Å². The smallest absolute Gasteiger partial charge is 0.434 e. The maximum absolute atomic E-state index is 13.1. The number of benzene rings is 1. The third-order valence-electron chi connectivity index (χ3n) is 4.69. The van der Waals surface area contributed by atoms with Gasteiger partial charge in [-0.2, -0.15) is 9.78 Å². The molecule has 0 aliphatic heterocycles. The predicted octanol–water partition coefficient (Wildman–Crippen LogP) is 2.42. The molecule has 0 amide bonds. The van der Waals surface area contributed by atoms with Crippen LogP contribution in [0.2, 0.25) is 25.7 Å². The van der Waals surface area contributed by atoms with Crippen LogP contribution in [0.15, 0.2) is 47.6 Å². The summed E-state index contributed by atoms with van der Waals surface area (Å²) in [5, 5.41) is 25.6. The number of nitrogens with zero attached hydrogens (tertiary/aromatic N) is 4. The van der Waals surface area contributed by atoms with Crippen LogP contribution < -0.4 is 0 Å². The van der Waals surface area contributed by atoms with Gasteiger partial charge in [-0.15, -0.1) is 4.31 Å². The van der Waals surface area contributed by atoms with Crippen LogP contribution in [0, 0.1) is 10.1 Å². The van der Waals surface area contributed by atoms with Crippen molar-refractivity contribution in [1.82, 2.24) is 14.1 Å². The van der Waals surface area contributed by atoms with Crippen LogP contribution in [0.25, 0.3) is 0 Å². The average Bonchev–Trinajstić information content (AvgIpc) is 3.18. The van der Waals surface area contributed by atoms with Crippen molar-refractivity contribution in [1.29, 1.82) is 0 Å². The van der Waals surface area contributed by atoms with Gasteiger partial charge in [-0.3, -0.25) is 10.1 Å². The number of aromatic nitrogens is 2. The van der Waals surface area contributed by atoms with Crippen LogP contribution in [-0.4, -0.2) is 72.1 Å². The Morgan fingerprint density at radius 1 is 1.30 bits per heavy atom. The summed E-state index contributed by atoms with van der Waals surface area (Å²) in [5.41, 5.74) is 0.276. The molecule has 1 unspecified atom stereocenters. The standard InChI is InChI=1S/C20H30N4O7SSi/c1-16(25)14-23(32(29,30)18-8-6-5-7-9-18)19(24(27)28)12-17-13-21-22(15-17)20(26)31-10-11-33(2,3)4/h5-9,13,15-16,19,25H,10-12,14H2,1-4H3/t16-,19?/m1/s1. The summed E-state index contributed by atoms with van der Waals surface area (Å²) >= 11 is 0. The zero-order chi connectivity index (χ0) is 24.8. The maximum Gasteiger partial charge on any atom is 0.434 e. The molecular formula is C20H30N4O7SSi. The third kappa shape index (κ3) is 7.73. The molecule has 0 spiro atoms. The Hall–Kier alpha value is -2.61. The van der Waals surface area contributed by atoms with Gasteiger partial charge in [-0.25, -0.2) is 13.2 Å². The van der Waals surface area contributed by atoms with E-state index in [9.17, 15) is 28.4 Å². The zero-order valence-electron chi connectivity index (χ0n) is 19.1. The maximum atomic E-state index is 13.1.